The van der Waals surface area contributed by atoms with Gasteiger partial charge in [-0.1, -0.05) is 25.0 Å². The molecule has 1 fully saturated rings. The summed E-state index contributed by atoms with van der Waals surface area (Å²) in [5, 5.41) is 3.85. The lowest BCUT2D eigenvalue weighted by molar-refractivity contribution is 0.0951. The van der Waals surface area contributed by atoms with Gasteiger partial charge < -0.3 is 10.2 Å². The van der Waals surface area contributed by atoms with Gasteiger partial charge in [-0.3, -0.25) is 4.90 Å². The average Bonchev–Trinajstić information content (AvgIpc) is 2.72. The monoisotopic (exact) mass is 279 g/mol. The van der Waals surface area contributed by atoms with Gasteiger partial charge in [-0.2, -0.15) is 0 Å². The van der Waals surface area contributed by atoms with Crippen LogP contribution in [0, 0.1) is 0 Å². The molecule has 0 aromatic heterocycles. The molecule has 0 aromatic carbocycles. The lowest BCUT2D eigenvalue weighted by Gasteiger charge is -2.43. The van der Waals surface area contributed by atoms with Crippen LogP contribution >= 0.6 is 0 Å². The fourth-order valence-electron chi connectivity index (χ4n) is 3.54. The number of piperazine rings is 1. The molecule has 3 heteroatoms. The van der Waals surface area contributed by atoms with Crippen LogP contribution in [0.1, 0.15) is 45.4 Å². The highest BCUT2D eigenvalue weighted by Gasteiger charge is 2.31. The lowest BCUT2D eigenvalue weighted by Crippen LogP contribution is -2.59. The quantitative estimate of drug-likeness (QED) is 0.780. The summed E-state index contributed by atoms with van der Waals surface area (Å²) in [6, 6.07) is 1.19. The molecule has 1 aliphatic heterocycles. The van der Waals surface area contributed by atoms with Crippen LogP contribution in [0.5, 0.6) is 0 Å². The molecule has 0 radical (unpaired) electrons. The van der Waals surface area contributed by atoms with Crippen molar-refractivity contribution in [2.24, 2.45) is 0 Å². The first-order valence-electron chi connectivity index (χ1n) is 8.53. The van der Waals surface area contributed by atoms with E-state index in [1.807, 2.05) is 0 Å². The highest BCUT2D eigenvalue weighted by molar-refractivity contribution is 5.16. The van der Waals surface area contributed by atoms with E-state index >= 15 is 0 Å². The summed E-state index contributed by atoms with van der Waals surface area (Å²) in [5.74, 6) is 0. The molecule has 3 nitrogen and oxygen atoms in total. The van der Waals surface area contributed by atoms with Crippen molar-refractivity contribution < 1.29 is 0 Å². The van der Waals surface area contributed by atoms with Crippen LogP contribution in [-0.4, -0.2) is 62.2 Å². The number of nitrogens with zero attached hydrogens (tertiary/aromatic N) is 2. The van der Waals surface area contributed by atoms with Crippen molar-refractivity contribution in [2.45, 2.75) is 57.5 Å². The van der Waals surface area contributed by atoms with Crippen LogP contribution in [0.3, 0.4) is 0 Å². The van der Waals surface area contributed by atoms with Crippen molar-refractivity contribution in [1.29, 1.82) is 0 Å². The van der Waals surface area contributed by atoms with Crippen molar-refractivity contribution in [3.05, 3.63) is 11.6 Å². The van der Waals surface area contributed by atoms with E-state index in [0.29, 0.717) is 12.1 Å². The van der Waals surface area contributed by atoms with Crippen molar-refractivity contribution >= 4 is 0 Å². The maximum absolute atomic E-state index is 3.85. The summed E-state index contributed by atoms with van der Waals surface area (Å²) in [6.45, 7) is 6.98. The smallest absolute Gasteiger partial charge is 0.0449 e. The number of hydrogen-bond acceptors (Lipinski definition) is 3. The Morgan fingerprint density at radius 3 is 2.90 bits per heavy atom. The van der Waals surface area contributed by atoms with Gasteiger partial charge in [0.1, 0.15) is 0 Å². The highest BCUT2D eigenvalue weighted by atomic mass is 15.3. The van der Waals surface area contributed by atoms with E-state index in [1.54, 1.807) is 5.57 Å². The molecule has 116 valence electrons. The van der Waals surface area contributed by atoms with E-state index in [4.69, 9.17) is 0 Å². The molecule has 1 aliphatic carbocycles. The Morgan fingerprint density at radius 1 is 1.25 bits per heavy atom. The Balaban J connectivity index is 2.10. The van der Waals surface area contributed by atoms with Crippen LogP contribution in [0.4, 0.5) is 0 Å². The van der Waals surface area contributed by atoms with E-state index in [2.05, 4.69) is 42.2 Å². The third-order valence-electron chi connectivity index (χ3n) is 4.87. The molecule has 2 rings (SSSR count). The minimum absolute atomic E-state index is 0.556. The van der Waals surface area contributed by atoms with Gasteiger partial charge >= 0.3 is 0 Å². The van der Waals surface area contributed by atoms with Crippen molar-refractivity contribution in [3.63, 3.8) is 0 Å². The fraction of sp³-hybridized carbons (Fsp3) is 0.882. The largest absolute Gasteiger partial charge is 0.309 e. The topological polar surface area (TPSA) is 18.5 Å². The van der Waals surface area contributed by atoms with Gasteiger partial charge in [0, 0.05) is 31.7 Å². The van der Waals surface area contributed by atoms with Gasteiger partial charge in [0.25, 0.3) is 0 Å². The minimum Gasteiger partial charge on any atom is -0.309 e. The summed E-state index contributed by atoms with van der Waals surface area (Å²) in [7, 11) is 4.56. The molecule has 0 aromatic rings. The zero-order valence-corrected chi connectivity index (χ0v) is 13.7. The lowest BCUT2D eigenvalue weighted by atomic mass is 9.92. The van der Waals surface area contributed by atoms with Crippen molar-refractivity contribution in [1.82, 2.24) is 15.1 Å². The third kappa shape index (κ3) is 4.31. The van der Waals surface area contributed by atoms with Crippen LogP contribution in [0.15, 0.2) is 11.6 Å². The number of hydrogen-bond donors (Lipinski definition) is 1. The summed E-state index contributed by atoms with van der Waals surface area (Å²) >= 11 is 0. The average molecular weight is 279 g/mol. The zero-order valence-electron chi connectivity index (χ0n) is 13.7. The Bertz CT molecular complexity index is 313. The molecule has 1 heterocycles. The molecule has 20 heavy (non-hydrogen) atoms. The maximum atomic E-state index is 3.85. The second-order valence-corrected chi connectivity index (χ2v) is 6.62. The molecule has 2 aliphatic rings. The number of allylic oxidation sites excluding steroid dienone is 1. The van der Waals surface area contributed by atoms with Crippen molar-refractivity contribution in [2.75, 3.05) is 40.3 Å². The Kier molecular flexibility index (Phi) is 6.53. The van der Waals surface area contributed by atoms with Crippen LogP contribution in [0.2, 0.25) is 0 Å². The van der Waals surface area contributed by atoms with E-state index in [1.165, 1.54) is 58.2 Å². The molecular weight excluding hydrogens is 246 g/mol. The van der Waals surface area contributed by atoms with E-state index in [-0.39, 0.29) is 0 Å². The Labute approximate surface area is 125 Å². The minimum atomic E-state index is 0.556. The Hall–Kier alpha value is -0.380. The van der Waals surface area contributed by atoms with Gasteiger partial charge in [-0.15, -0.1) is 0 Å². The molecule has 2 unspecified atom stereocenters. The zero-order chi connectivity index (χ0) is 14.4. The first kappa shape index (κ1) is 16.0. The second-order valence-electron chi connectivity index (χ2n) is 6.62. The molecule has 2 atom stereocenters. The normalized spacial score (nSPS) is 27.9. The standard InChI is InChI=1S/C17H33N3/c1-4-11-18-17(15-9-7-5-6-8-10-15)16-14-19(2)12-13-20(16)3/h9,16-18H,4-8,10-14H2,1-3H3. The van der Waals surface area contributed by atoms with Gasteiger partial charge in [-0.25, -0.2) is 0 Å². The molecule has 0 spiro atoms. The molecule has 0 bridgehead atoms. The van der Waals surface area contributed by atoms with Gasteiger partial charge in [-0.05, 0) is 52.7 Å². The molecule has 0 amide bonds. The summed E-state index contributed by atoms with van der Waals surface area (Å²) in [4.78, 5) is 5.06. The molecular formula is C17H33N3. The third-order valence-corrected chi connectivity index (χ3v) is 4.87. The van der Waals surface area contributed by atoms with Crippen molar-refractivity contribution in [3.8, 4) is 0 Å². The maximum Gasteiger partial charge on any atom is 0.0449 e. The second kappa shape index (κ2) is 8.16. The number of nitrogens with one attached hydrogen (secondary N) is 1. The number of rotatable bonds is 5. The molecule has 1 saturated heterocycles. The fourth-order valence-corrected chi connectivity index (χ4v) is 3.54. The molecule has 1 N–H and O–H groups in total. The van der Waals surface area contributed by atoms with Gasteiger partial charge in [0.05, 0.1) is 0 Å². The van der Waals surface area contributed by atoms with Crippen LogP contribution in [-0.2, 0) is 0 Å². The predicted octanol–water partition coefficient (Wildman–Crippen LogP) is 2.49. The highest BCUT2D eigenvalue weighted by Crippen LogP contribution is 2.24. The van der Waals surface area contributed by atoms with Crippen LogP contribution in [0.25, 0.3) is 0 Å². The first-order valence-corrected chi connectivity index (χ1v) is 8.53. The summed E-state index contributed by atoms with van der Waals surface area (Å²) < 4.78 is 0. The first-order chi connectivity index (χ1) is 9.72. The van der Waals surface area contributed by atoms with E-state index in [0.717, 1.165) is 6.54 Å². The summed E-state index contributed by atoms with van der Waals surface area (Å²) in [6.07, 6.45) is 10.5. The van der Waals surface area contributed by atoms with Gasteiger partial charge in [0.15, 0.2) is 0 Å². The Morgan fingerprint density at radius 2 is 2.10 bits per heavy atom. The predicted molar refractivity (Wildman–Crippen MR) is 87.2 cm³/mol. The van der Waals surface area contributed by atoms with E-state index in [9.17, 15) is 0 Å². The number of likely N-dealkylation sites (N-methyl/N-ethyl adjacent to an activating group) is 2. The van der Waals surface area contributed by atoms with E-state index < -0.39 is 0 Å². The van der Waals surface area contributed by atoms with Gasteiger partial charge in [0.2, 0.25) is 0 Å². The summed E-state index contributed by atoms with van der Waals surface area (Å²) in [5.41, 5.74) is 1.68. The van der Waals surface area contributed by atoms with Crippen LogP contribution < -0.4 is 5.32 Å². The SMILES string of the molecule is CCCNC(C1=CCCCCC1)C1CN(C)CCN1C. The molecule has 0 saturated carbocycles.